The predicted octanol–water partition coefficient (Wildman–Crippen LogP) is 3.26. The lowest BCUT2D eigenvalue weighted by atomic mass is 9.73. The summed E-state index contributed by atoms with van der Waals surface area (Å²) in [6.07, 6.45) is 7.68. The highest BCUT2D eigenvalue weighted by molar-refractivity contribution is 5.38. The topological polar surface area (TPSA) is 23.5 Å². The van der Waals surface area contributed by atoms with Crippen molar-refractivity contribution in [2.75, 3.05) is 13.1 Å². The van der Waals surface area contributed by atoms with Crippen LogP contribution in [-0.2, 0) is 5.54 Å². The summed E-state index contributed by atoms with van der Waals surface area (Å²) in [6.45, 7) is 2.41. The molecule has 1 N–H and O–H groups in total. The lowest BCUT2D eigenvalue weighted by Gasteiger charge is -2.51. The molecular weight excluding hydrogens is 210 g/mol. The molecular formula is C15H21NO. The zero-order valence-corrected chi connectivity index (χ0v) is 10.4. The molecule has 92 valence electrons. The molecule has 2 heteroatoms. The van der Waals surface area contributed by atoms with Gasteiger partial charge in [0, 0.05) is 24.2 Å². The minimum absolute atomic E-state index is 0.141. The van der Waals surface area contributed by atoms with E-state index in [9.17, 15) is 5.11 Å². The van der Waals surface area contributed by atoms with Gasteiger partial charge in [-0.05, 0) is 25.3 Å². The highest BCUT2D eigenvalue weighted by Gasteiger charge is 2.43. The van der Waals surface area contributed by atoms with Crippen LogP contribution in [0.5, 0.6) is 5.75 Å². The van der Waals surface area contributed by atoms with E-state index >= 15 is 0 Å². The quantitative estimate of drug-likeness (QED) is 0.844. The Balaban J connectivity index is 2.00. The Morgan fingerprint density at radius 3 is 2.24 bits per heavy atom. The summed E-state index contributed by atoms with van der Waals surface area (Å²) in [4.78, 5) is 2.58. The molecule has 2 aliphatic rings. The summed E-state index contributed by atoms with van der Waals surface area (Å²) in [6, 6.07) is 7.95. The van der Waals surface area contributed by atoms with E-state index < -0.39 is 0 Å². The molecule has 1 saturated carbocycles. The molecule has 1 aromatic rings. The number of hydrogen-bond donors (Lipinski definition) is 1. The van der Waals surface area contributed by atoms with E-state index in [1.807, 2.05) is 12.1 Å². The Bertz CT molecular complexity index is 392. The fraction of sp³-hybridized carbons (Fsp3) is 0.600. The molecule has 0 atom stereocenters. The van der Waals surface area contributed by atoms with Crippen molar-refractivity contribution in [3.8, 4) is 5.75 Å². The number of phenolic OH excluding ortho intramolecular Hbond substituents is 1. The van der Waals surface area contributed by atoms with Gasteiger partial charge in [0.2, 0.25) is 0 Å². The van der Waals surface area contributed by atoms with Gasteiger partial charge >= 0.3 is 0 Å². The van der Waals surface area contributed by atoms with Crippen LogP contribution in [0.3, 0.4) is 0 Å². The average molecular weight is 231 g/mol. The van der Waals surface area contributed by atoms with Crippen LogP contribution < -0.4 is 0 Å². The lowest BCUT2D eigenvalue weighted by Crippen LogP contribution is -2.54. The highest BCUT2D eigenvalue weighted by atomic mass is 16.3. The minimum atomic E-state index is 0.141. The molecule has 0 radical (unpaired) electrons. The van der Waals surface area contributed by atoms with E-state index in [4.69, 9.17) is 0 Å². The molecule has 2 fully saturated rings. The van der Waals surface area contributed by atoms with Crippen molar-refractivity contribution >= 4 is 0 Å². The third-order valence-electron chi connectivity index (χ3n) is 4.55. The van der Waals surface area contributed by atoms with Crippen LogP contribution in [-0.4, -0.2) is 23.1 Å². The number of hydrogen-bond acceptors (Lipinski definition) is 2. The van der Waals surface area contributed by atoms with Gasteiger partial charge in [0.1, 0.15) is 5.75 Å². The maximum absolute atomic E-state index is 10.2. The molecule has 0 aromatic heterocycles. The standard InChI is InChI=1S/C15H21NO/c17-14-8-3-2-7-13(14)15(16-11-6-12-16)9-4-1-5-10-15/h2-3,7-8,17H,1,4-6,9-12H2. The van der Waals surface area contributed by atoms with Crippen molar-refractivity contribution in [3.63, 3.8) is 0 Å². The van der Waals surface area contributed by atoms with E-state index in [0.29, 0.717) is 5.75 Å². The van der Waals surface area contributed by atoms with Crippen molar-refractivity contribution in [2.24, 2.45) is 0 Å². The van der Waals surface area contributed by atoms with E-state index in [-0.39, 0.29) is 5.54 Å². The molecule has 0 bridgehead atoms. The summed E-state index contributed by atoms with van der Waals surface area (Å²) in [5, 5.41) is 10.2. The Labute approximate surface area is 103 Å². The van der Waals surface area contributed by atoms with Gasteiger partial charge in [-0.1, -0.05) is 37.5 Å². The Morgan fingerprint density at radius 2 is 1.65 bits per heavy atom. The average Bonchev–Trinajstić information content (AvgIpc) is 2.28. The summed E-state index contributed by atoms with van der Waals surface area (Å²) >= 11 is 0. The van der Waals surface area contributed by atoms with Crippen molar-refractivity contribution < 1.29 is 5.11 Å². The lowest BCUT2D eigenvalue weighted by molar-refractivity contribution is -0.00427. The third kappa shape index (κ3) is 1.75. The van der Waals surface area contributed by atoms with Gasteiger partial charge in [0.05, 0.1) is 0 Å². The van der Waals surface area contributed by atoms with Gasteiger partial charge in [-0.15, -0.1) is 0 Å². The molecule has 0 amide bonds. The van der Waals surface area contributed by atoms with Gasteiger partial charge in [-0.2, -0.15) is 0 Å². The van der Waals surface area contributed by atoms with Crippen molar-refractivity contribution in [2.45, 2.75) is 44.1 Å². The molecule has 1 aliphatic heterocycles. The zero-order chi connectivity index (χ0) is 11.7. The fourth-order valence-electron chi connectivity index (χ4n) is 3.50. The number of benzene rings is 1. The number of para-hydroxylation sites is 1. The van der Waals surface area contributed by atoms with Crippen LogP contribution in [0, 0.1) is 0 Å². The van der Waals surface area contributed by atoms with Gasteiger partial charge in [-0.3, -0.25) is 4.90 Å². The van der Waals surface area contributed by atoms with E-state index in [1.165, 1.54) is 57.2 Å². The van der Waals surface area contributed by atoms with Gasteiger partial charge in [-0.25, -0.2) is 0 Å². The first-order valence-corrected chi connectivity index (χ1v) is 6.86. The Hall–Kier alpha value is -1.02. The monoisotopic (exact) mass is 231 g/mol. The van der Waals surface area contributed by atoms with Crippen LogP contribution >= 0.6 is 0 Å². The van der Waals surface area contributed by atoms with E-state index in [0.717, 1.165) is 0 Å². The van der Waals surface area contributed by atoms with Crippen LogP contribution in [0.15, 0.2) is 24.3 Å². The largest absolute Gasteiger partial charge is 0.508 e. The molecule has 0 unspecified atom stereocenters. The normalized spacial score (nSPS) is 24.2. The molecule has 2 nitrogen and oxygen atoms in total. The summed E-state index contributed by atoms with van der Waals surface area (Å²) < 4.78 is 0. The summed E-state index contributed by atoms with van der Waals surface area (Å²) in [5.74, 6) is 0.487. The Morgan fingerprint density at radius 1 is 0.941 bits per heavy atom. The van der Waals surface area contributed by atoms with Gasteiger partial charge in [0.25, 0.3) is 0 Å². The molecule has 1 aliphatic carbocycles. The first-order chi connectivity index (χ1) is 8.33. The second-order valence-electron chi connectivity index (χ2n) is 5.45. The number of likely N-dealkylation sites (tertiary alicyclic amines) is 1. The van der Waals surface area contributed by atoms with Crippen molar-refractivity contribution in [1.82, 2.24) is 4.90 Å². The molecule has 1 saturated heterocycles. The van der Waals surface area contributed by atoms with Crippen molar-refractivity contribution in [1.29, 1.82) is 0 Å². The first kappa shape index (κ1) is 11.1. The third-order valence-corrected chi connectivity index (χ3v) is 4.55. The van der Waals surface area contributed by atoms with Crippen LogP contribution in [0.4, 0.5) is 0 Å². The van der Waals surface area contributed by atoms with Crippen LogP contribution in [0.1, 0.15) is 44.1 Å². The number of phenols is 1. The highest BCUT2D eigenvalue weighted by Crippen LogP contribution is 2.47. The number of rotatable bonds is 2. The van der Waals surface area contributed by atoms with E-state index in [2.05, 4.69) is 17.0 Å². The molecule has 0 spiro atoms. The van der Waals surface area contributed by atoms with Crippen molar-refractivity contribution in [3.05, 3.63) is 29.8 Å². The van der Waals surface area contributed by atoms with E-state index in [1.54, 1.807) is 0 Å². The fourth-order valence-corrected chi connectivity index (χ4v) is 3.50. The molecule has 1 aromatic carbocycles. The smallest absolute Gasteiger partial charge is 0.120 e. The number of aromatic hydroxyl groups is 1. The maximum Gasteiger partial charge on any atom is 0.120 e. The second-order valence-corrected chi connectivity index (χ2v) is 5.45. The zero-order valence-electron chi connectivity index (χ0n) is 10.4. The predicted molar refractivity (Wildman–Crippen MR) is 69.1 cm³/mol. The maximum atomic E-state index is 10.2. The van der Waals surface area contributed by atoms with Gasteiger partial charge in [0.15, 0.2) is 0 Å². The van der Waals surface area contributed by atoms with Gasteiger partial charge < -0.3 is 5.11 Å². The van der Waals surface area contributed by atoms with Crippen LogP contribution in [0.2, 0.25) is 0 Å². The van der Waals surface area contributed by atoms with Crippen LogP contribution in [0.25, 0.3) is 0 Å². The SMILES string of the molecule is Oc1ccccc1C1(N2CCC2)CCCCC1. The summed E-state index contributed by atoms with van der Waals surface area (Å²) in [5.41, 5.74) is 1.31. The molecule has 17 heavy (non-hydrogen) atoms. The Kier molecular flexibility index (Phi) is 2.83. The molecule has 1 heterocycles. The first-order valence-electron chi connectivity index (χ1n) is 6.86. The second kappa shape index (κ2) is 4.34. The molecule has 3 rings (SSSR count). The summed E-state index contributed by atoms with van der Waals surface area (Å²) in [7, 11) is 0. The minimum Gasteiger partial charge on any atom is -0.508 e. The number of nitrogens with zero attached hydrogens (tertiary/aromatic N) is 1.